The van der Waals surface area contributed by atoms with Crippen molar-refractivity contribution in [3.05, 3.63) is 58.1 Å². The summed E-state index contributed by atoms with van der Waals surface area (Å²) in [6, 6.07) is 12.3. The van der Waals surface area contributed by atoms with Crippen molar-refractivity contribution < 1.29 is 0 Å². The molecule has 0 saturated carbocycles. The highest BCUT2D eigenvalue weighted by Crippen LogP contribution is 2.28. The van der Waals surface area contributed by atoms with Crippen molar-refractivity contribution in [2.45, 2.75) is 20.4 Å². The Morgan fingerprint density at radius 1 is 1.05 bits per heavy atom. The average Bonchev–Trinajstić information content (AvgIpc) is 2.37. The van der Waals surface area contributed by atoms with E-state index in [0.717, 1.165) is 22.9 Å². The lowest BCUT2D eigenvalue weighted by Crippen LogP contribution is -2.12. The lowest BCUT2D eigenvalue weighted by molar-refractivity contribution is 1.07. The minimum atomic E-state index is 0.750. The number of anilines is 2. The fraction of sp³-hybridized carbons (Fsp3) is 0.294. The predicted octanol–water partition coefficient (Wildman–Crippen LogP) is 4.63. The third-order valence-electron chi connectivity index (χ3n) is 3.54. The molecule has 0 amide bonds. The summed E-state index contributed by atoms with van der Waals surface area (Å²) in [5, 5.41) is 4.26. The second-order valence-corrected chi connectivity index (χ2v) is 5.72. The molecule has 0 unspecified atom stereocenters. The molecule has 2 nitrogen and oxygen atoms in total. The van der Waals surface area contributed by atoms with Crippen molar-refractivity contribution in [2.75, 3.05) is 24.3 Å². The Kier molecular flexibility index (Phi) is 4.56. The molecule has 2 rings (SSSR count). The Labute approximate surface area is 126 Å². The highest BCUT2D eigenvalue weighted by molar-refractivity contribution is 6.31. The van der Waals surface area contributed by atoms with Crippen LogP contribution in [0.1, 0.15) is 16.7 Å². The van der Waals surface area contributed by atoms with Gasteiger partial charge in [-0.25, -0.2) is 0 Å². The molecule has 2 aromatic carbocycles. The standard InChI is InChI=1S/C17H21ClN2/c1-12-6-5-7-13(2)15(12)11-19-16-10-14(18)8-9-17(16)20(3)4/h5-10,19H,11H2,1-4H3. The van der Waals surface area contributed by atoms with E-state index >= 15 is 0 Å². The predicted molar refractivity (Wildman–Crippen MR) is 89.0 cm³/mol. The van der Waals surface area contributed by atoms with Gasteiger partial charge in [0.25, 0.3) is 0 Å². The van der Waals surface area contributed by atoms with Crippen LogP contribution in [-0.4, -0.2) is 14.1 Å². The zero-order chi connectivity index (χ0) is 14.7. The van der Waals surface area contributed by atoms with E-state index in [4.69, 9.17) is 11.6 Å². The normalized spacial score (nSPS) is 10.4. The fourth-order valence-corrected chi connectivity index (χ4v) is 2.52. The van der Waals surface area contributed by atoms with Gasteiger partial charge in [-0.05, 0) is 48.7 Å². The molecule has 106 valence electrons. The summed E-state index contributed by atoms with van der Waals surface area (Å²) < 4.78 is 0. The molecule has 0 saturated heterocycles. The topological polar surface area (TPSA) is 15.3 Å². The molecule has 0 aliphatic carbocycles. The van der Waals surface area contributed by atoms with E-state index in [0.29, 0.717) is 0 Å². The molecule has 0 aliphatic heterocycles. The van der Waals surface area contributed by atoms with Crippen LogP contribution in [0.5, 0.6) is 0 Å². The Hall–Kier alpha value is -1.67. The lowest BCUT2D eigenvalue weighted by Gasteiger charge is -2.20. The van der Waals surface area contributed by atoms with Crippen molar-refractivity contribution in [1.29, 1.82) is 0 Å². The molecule has 0 fully saturated rings. The van der Waals surface area contributed by atoms with Crippen LogP contribution in [0.15, 0.2) is 36.4 Å². The van der Waals surface area contributed by atoms with Crippen molar-refractivity contribution in [1.82, 2.24) is 0 Å². The number of halogens is 1. The monoisotopic (exact) mass is 288 g/mol. The zero-order valence-corrected chi connectivity index (χ0v) is 13.3. The third kappa shape index (κ3) is 3.26. The fourth-order valence-electron chi connectivity index (χ4n) is 2.35. The Morgan fingerprint density at radius 2 is 1.70 bits per heavy atom. The summed E-state index contributed by atoms with van der Waals surface area (Å²) in [5.41, 5.74) is 6.17. The number of aryl methyl sites for hydroxylation is 2. The second-order valence-electron chi connectivity index (χ2n) is 5.28. The lowest BCUT2D eigenvalue weighted by atomic mass is 10.0. The van der Waals surface area contributed by atoms with Crippen LogP contribution in [0.2, 0.25) is 5.02 Å². The van der Waals surface area contributed by atoms with Gasteiger partial charge in [0.15, 0.2) is 0 Å². The van der Waals surface area contributed by atoms with Gasteiger partial charge in [0, 0.05) is 25.7 Å². The number of rotatable bonds is 4. The van der Waals surface area contributed by atoms with Crippen LogP contribution in [0.4, 0.5) is 11.4 Å². The highest BCUT2D eigenvalue weighted by Gasteiger charge is 2.07. The highest BCUT2D eigenvalue weighted by atomic mass is 35.5. The average molecular weight is 289 g/mol. The molecule has 1 N–H and O–H groups in total. The van der Waals surface area contributed by atoms with Gasteiger partial charge in [-0.3, -0.25) is 0 Å². The number of nitrogens with zero attached hydrogens (tertiary/aromatic N) is 1. The molecular weight excluding hydrogens is 268 g/mol. The van der Waals surface area contributed by atoms with Crippen molar-refractivity contribution >= 4 is 23.0 Å². The van der Waals surface area contributed by atoms with Gasteiger partial charge in [-0.1, -0.05) is 29.8 Å². The van der Waals surface area contributed by atoms with Gasteiger partial charge >= 0.3 is 0 Å². The molecular formula is C17H21ClN2. The van der Waals surface area contributed by atoms with E-state index in [1.165, 1.54) is 16.7 Å². The molecule has 0 aliphatic rings. The molecule has 2 aromatic rings. The largest absolute Gasteiger partial charge is 0.379 e. The molecule has 0 aromatic heterocycles. The summed E-state index contributed by atoms with van der Waals surface area (Å²) in [5.74, 6) is 0. The number of hydrogen-bond donors (Lipinski definition) is 1. The summed E-state index contributed by atoms with van der Waals surface area (Å²) >= 11 is 6.11. The Bertz CT molecular complexity index is 586. The van der Waals surface area contributed by atoms with Crippen LogP contribution in [0, 0.1) is 13.8 Å². The van der Waals surface area contributed by atoms with Crippen molar-refractivity contribution in [3.63, 3.8) is 0 Å². The van der Waals surface area contributed by atoms with E-state index in [1.807, 2.05) is 32.3 Å². The maximum atomic E-state index is 6.11. The first-order valence-corrected chi connectivity index (χ1v) is 7.12. The van der Waals surface area contributed by atoms with Crippen LogP contribution < -0.4 is 10.2 Å². The van der Waals surface area contributed by atoms with E-state index in [9.17, 15) is 0 Å². The quantitative estimate of drug-likeness (QED) is 0.882. The molecule has 3 heteroatoms. The maximum absolute atomic E-state index is 6.11. The Morgan fingerprint density at radius 3 is 2.30 bits per heavy atom. The minimum absolute atomic E-state index is 0.750. The van der Waals surface area contributed by atoms with Gasteiger partial charge in [-0.2, -0.15) is 0 Å². The molecule has 0 spiro atoms. The Balaban J connectivity index is 2.25. The van der Waals surface area contributed by atoms with Gasteiger partial charge < -0.3 is 10.2 Å². The van der Waals surface area contributed by atoms with E-state index < -0.39 is 0 Å². The number of benzene rings is 2. The van der Waals surface area contributed by atoms with E-state index in [1.54, 1.807) is 0 Å². The summed E-state index contributed by atoms with van der Waals surface area (Å²) in [6.07, 6.45) is 0. The first-order valence-electron chi connectivity index (χ1n) is 6.75. The number of nitrogens with one attached hydrogen (secondary N) is 1. The maximum Gasteiger partial charge on any atom is 0.0597 e. The van der Waals surface area contributed by atoms with Gasteiger partial charge in [-0.15, -0.1) is 0 Å². The molecule has 0 bridgehead atoms. The van der Waals surface area contributed by atoms with Crippen LogP contribution >= 0.6 is 11.6 Å². The molecule has 0 atom stereocenters. The summed E-state index contributed by atoms with van der Waals surface area (Å²) in [6.45, 7) is 5.10. The first-order chi connectivity index (χ1) is 9.49. The minimum Gasteiger partial charge on any atom is -0.379 e. The SMILES string of the molecule is Cc1cccc(C)c1CNc1cc(Cl)ccc1N(C)C. The molecule has 20 heavy (non-hydrogen) atoms. The summed E-state index contributed by atoms with van der Waals surface area (Å²) in [4.78, 5) is 2.09. The molecule has 0 radical (unpaired) electrons. The van der Waals surface area contributed by atoms with E-state index in [-0.39, 0.29) is 0 Å². The summed E-state index contributed by atoms with van der Waals surface area (Å²) in [7, 11) is 4.07. The van der Waals surface area contributed by atoms with Gasteiger partial charge in [0.2, 0.25) is 0 Å². The third-order valence-corrected chi connectivity index (χ3v) is 3.78. The number of hydrogen-bond acceptors (Lipinski definition) is 2. The van der Waals surface area contributed by atoms with Crippen LogP contribution in [0.25, 0.3) is 0 Å². The first kappa shape index (κ1) is 14.7. The second kappa shape index (κ2) is 6.19. The van der Waals surface area contributed by atoms with Gasteiger partial charge in [0.1, 0.15) is 0 Å². The van der Waals surface area contributed by atoms with Crippen LogP contribution in [0.3, 0.4) is 0 Å². The van der Waals surface area contributed by atoms with E-state index in [2.05, 4.69) is 42.3 Å². The molecule has 0 heterocycles. The van der Waals surface area contributed by atoms with Crippen molar-refractivity contribution in [3.8, 4) is 0 Å². The zero-order valence-electron chi connectivity index (χ0n) is 12.5. The van der Waals surface area contributed by atoms with Crippen molar-refractivity contribution in [2.24, 2.45) is 0 Å². The van der Waals surface area contributed by atoms with Crippen LogP contribution in [-0.2, 0) is 6.54 Å². The van der Waals surface area contributed by atoms with Gasteiger partial charge in [0.05, 0.1) is 11.4 Å². The smallest absolute Gasteiger partial charge is 0.0597 e.